The minimum absolute atomic E-state index is 0.0691. The molecule has 1 saturated carbocycles. The van der Waals surface area contributed by atoms with Crippen molar-refractivity contribution in [2.24, 2.45) is 5.92 Å². The molecule has 1 aliphatic carbocycles. The van der Waals surface area contributed by atoms with Gasteiger partial charge in [-0.1, -0.05) is 63.1 Å². The second kappa shape index (κ2) is 20.7. The van der Waals surface area contributed by atoms with E-state index in [1.165, 1.54) is 18.2 Å². The zero-order chi connectivity index (χ0) is 39.9. The number of carbonyl (C=O) groups excluding carboxylic acids is 5. The van der Waals surface area contributed by atoms with Gasteiger partial charge in [-0.2, -0.15) is 0 Å². The fourth-order valence-corrected chi connectivity index (χ4v) is 5.59. The highest BCUT2D eigenvalue weighted by atomic mass is 16.8. The molecule has 0 spiro atoms. The zero-order valence-corrected chi connectivity index (χ0v) is 31.6. The number of pyridine rings is 1. The first-order valence-corrected chi connectivity index (χ1v) is 18.5. The third-order valence-electron chi connectivity index (χ3n) is 8.78. The topological polar surface area (TPSA) is 191 Å². The fourth-order valence-electron chi connectivity index (χ4n) is 5.59. The molecule has 55 heavy (non-hydrogen) atoms. The maximum atomic E-state index is 14.1. The standard InChI is InChI=1S/C42H49N3O10/c1-5-7-8-9-18-52-38(48)22-35(43)30-14-12-27(13-15-30)19-37(47)34-20-29(6-2)31(24-46)21-33(34)32-16-17-36(40(49)44-23-28-10-11-28)45-39(32)41(50)53-25-54-42(51)55-26(3)4/h6,12-17,20-21,26,28,43,46H,2,5,7-11,18-19,22-25H2,1,3-4H3,(H,44,49). The third kappa shape index (κ3) is 12.7. The van der Waals surface area contributed by atoms with Crippen LogP contribution in [0, 0.1) is 11.3 Å². The van der Waals surface area contributed by atoms with Gasteiger partial charge in [0.1, 0.15) is 5.69 Å². The van der Waals surface area contributed by atoms with Gasteiger partial charge in [-0.05, 0) is 91.1 Å². The zero-order valence-electron chi connectivity index (χ0n) is 31.6. The summed E-state index contributed by atoms with van der Waals surface area (Å²) in [6.45, 7) is 8.73. The first-order chi connectivity index (χ1) is 26.4. The van der Waals surface area contributed by atoms with Crippen LogP contribution in [0.1, 0.15) is 119 Å². The van der Waals surface area contributed by atoms with Crippen LogP contribution in [0.4, 0.5) is 4.79 Å². The summed E-state index contributed by atoms with van der Waals surface area (Å²) in [5.41, 5.74) is 2.25. The highest BCUT2D eigenvalue weighted by Gasteiger charge is 2.26. The van der Waals surface area contributed by atoms with Crippen LogP contribution in [0.15, 0.2) is 55.1 Å². The predicted octanol–water partition coefficient (Wildman–Crippen LogP) is 7.01. The Bertz CT molecular complexity index is 1880. The van der Waals surface area contributed by atoms with Gasteiger partial charge in [-0.3, -0.25) is 14.4 Å². The van der Waals surface area contributed by atoms with Crippen LogP contribution in [-0.4, -0.2) is 71.6 Å². The maximum Gasteiger partial charge on any atom is 0.511 e. The number of esters is 2. The van der Waals surface area contributed by atoms with Gasteiger partial charge < -0.3 is 34.8 Å². The van der Waals surface area contributed by atoms with Crippen molar-refractivity contribution in [1.82, 2.24) is 10.3 Å². The molecule has 1 aliphatic rings. The highest BCUT2D eigenvalue weighted by Crippen LogP contribution is 2.32. The molecule has 3 aromatic rings. The number of carbonyl (C=O) groups is 5. The van der Waals surface area contributed by atoms with Crippen molar-refractivity contribution in [2.45, 2.75) is 84.8 Å². The van der Waals surface area contributed by atoms with Gasteiger partial charge in [0.05, 0.1) is 25.7 Å². The van der Waals surface area contributed by atoms with Crippen molar-refractivity contribution in [1.29, 1.82) is 5.41 Å². The number of nitrogens with zero attached hydrogens (tertiary/aromatic N) is 1. The SMILES string of the molecule is C=Cc1cc(C(=O)Cc2ccc(C(=N)CC(=O)OCCCCCC)cc2)c(-c2ccc(C(=O)NCC3CC3)nc2C(=O)OCOC(=O)OC(C)C)cc1CO. The number of hydrogen-bond acceptors (Lipinski definition) is 12. The molecule has 0 bridgehead atoms. The van der Waals surface area contributed by atoms with Crippen molar-refractivity contribution >= 4 is 41.6 Å². The smallest absolute Gasteiger partial charge is 0.465 e. The number of aliphatic hydroxyl groups is 1. The lowest BCUT2D eigenvalue weighted by atomic mass is 9.89. The van der Waals surface area contributed by atoms with Crippen LogP contribution in [0.5, 0.6) is 0 Å². The molecule has 0 unspecified atom stereocenters. The van der Waals surface area contributed by atoms with E-state index in [1.807, 2.05) is 0 Å². The van der Waals surface area contributed by atoms with Crippen molar-refractivity contribution in [3.63, 3.8) is 0 Å². The summed E-state index contributed by atoms with van der Waals surface area (Å²) in [5, 5.41) is 21.4. The molecule has 13 heteroatoms. The lowest BCUT2D eigenvalue weighted by Crippen LogP contribution is -2.27. The second-order valence-electron chi connectivity index (χ2n) is 13.5. The van der Waals surface area contributed by atoms with Crippen molar-refractivity contribution in [3.8, 4) is 11.1 Å². The average Bonchev–Trinajstić information content (AvgIpc) is 4.00. The Morgan fingerprint density at radius 3 is 2.38 bits per heavy atom. The first-order valence-electron chi connectivity index (χ1n) is 18.5. The van der Waals surface area contributed by atoms with Gasteiger partial charge >= 0.3 is 18.1 Å². The molecule has 1 fully saturated rings. The van der Waals surface area contributed by atoms with Crippen LogP contribution < -0.4 is 5.32 Å². The van der Waals surface area contributed by atoms with E-state index in [1.54, 1.807) is 50.2 Å². The van der Waals surface area contributed by atoms with E-state index in [0.29, 0.717) is 41.3 Å². The summed E-state index contributed by atoms with van der Waals surface area (Å²) in [6.07, 6.45) is 5.65. The van der Waals surface area contributed by atoms with Gasteiger partial charge in [0, 0.05) is 29.8 Å². The minimum atomic E-state index is -1.05. The molecule has 4 rings (SSSR count). The molecule has 3 N–H and O–H groups in total. The molecule has 1 heterocycles. The minimum Gasteiger partial charge on any atom is -0.465 e. The fraction of sp³-hybridized carbons (Fsp3) is 0.405. The van der Waals surface area contributed by atoms with Crippen LogP contribution in [0.2, 0.25) is 0 Å². The number of aliphatic hydroxyl groups excluding tert-OH is 1. The largest absolute Gasteiger partial charge is 0.511 e. The maximum absolute atomic E-state index is 14.1. The molecule has 0 saturated heterocycles. The Morgan fingerprint density at radius 2 is 1.73 bits per heavy atom. The molecule has 1 aromatic heterocycles. The number of amides is 1. The quantitative estimate of drug-likeness (QED) is 0.0253. The van der Waals surface area contributed by atoms with Gasteiger partial charge in [-0.15, -0.1) is 0 Å². The summed E-state index contributed by atoms with van der Waals surface area (Å²) in [5.74, 6) is -1.99. The summed E-state index contributed by atoms with van der Waals surface area (Å²) in [4.78, 5) is 69.1. The number of unbranched alkanes of at least 4 members (excludes halogenated alkanes) is 3. The van der Waals surface area contributed by atoms with Gasteiger partial charge in [-0.25, -0.2) is 14.6 Å². The summed E-state index contributed by atoms with van der Waals surface area (Å²) in [6, 6.07) is 12.7. The van der Waals surface area contributed by atoms with Gasteiger partial charge in [0.2, 0.25) is 6.79 Å². The van der Waals surface area contributed by atoms with E-state index in [4.69, 9.17) is 24.4 Å². The molecule has 0 radical (unpaired) electrons. The molecule has 0 aliphatic heterocycles. The number of Topliss-reactive ketones (excluding diaryl/α,β-unsaturated/α-hetero) is 1. The van der Waals surface area contributed by atoms with E-state index < -0.39 is 43.5 Å². The molecule has 292 valence electrons. The highest BCUT2D eigenvalue weighted by molar-refractivity contribution is 6.08. The van der Waals surface area contributed by atoms with Gasteiger partial charge in [0.25, 0.3) is 5.91 Å². The van der Waals surface area contributed by atoms with E-state index in [9.17, 15) is 29.1 Å². The normalized spacial score (nSPS) is 12.1. The molecule has 2 aromatic carbocycles. The Morgan fingerprint density at radius 1 is 0.982 bits per heavy atom. The molecule has 1 amide bonds. The van der Waals surface area contributed by atoms with Crippen molar-refractivity contribution < 1.29 is 48.0 Å². The molecular weight excluding hydrogens is 706 g/mol. The van der Waals surface area contributed by atoms with Gasteiger partial charge in [0.15, 0.2) is 11.5 Å². The van der Waals surface area contributed by atoms with E-state index in [-0.39, 0.29) is 52.4 Å². The molecule has 0 atom stereocenters. The number of rotatable bonds is 21. The van der Waals surface area contributed by atoms with Crippen molar-refractivity contribution in [2.75, 3.05) is 19.9 Å². The van der Waals surface area contributed by atoms with E-state index >= 15 is 0 Å². The molecular formula is C42H49N3O10. The third-order valence-corrected chi connectivity index (χ3v) is 8.78. The molecule has 13 nitrogen and oxygen atoms in total. The number of nitrogens with one attached hydrogen (secondary N) is 2. The van der Waals surface area contributed by atoms with Crippen LogP contribution in [-0.2, 0) is 36.8 Å². The Kier molecular flexibility index (Phi) is 15.8. The number of ether oxygens (including phenoxy) is 4. The Balaban J connectivity index is 1.61. The number of hydrogen-bond donors (Lipinski definition) is 3. The first kappa shape index (κ1) is 42.1. The van der Waals surface area contributed by atoms with Crippen LogP contribution in [0.25, 0.3) is 17.2 Å². The predicted molar refractivity (Wildman–Crippen MR) is 205 cm³/mol. The monoisotopic (exact) mass is 755 g/mol. The van der Waals surface area contributed by atoms with E-state index in [2.05, 4.69) is 23.8 Å². The van der Waals surface area contributed by atoms with Crippen LogP contribution in [0.3, 0.4) is 0 Å². The lowest BCUT2D eigenvalue weighted by molar-refractivity contribution is -0.142. The Hall–Kier alpha value is -5.69. The van der Waals surface area contributed by atoms with Crippen molar-refractivity contribution in [3.05, 3.63) is 94.3 Å². The number of benzene rings is 2. The number of aromatic nitrogens is 1. The summed E-state index contributed by atoms with van der Waals surface area (Å²) >= 11 is 0. The average molecular weight is 756 g/mol. The summed E-state index contributed by atoms with van der Waals surface area (Å²) < 4.78 is 20.3. The van der Waals surface area contributed by atoms with Crippen LogP contribution >= 0.6 is 0 Å². The number of ketones is 1. The summed E-state index contributed by atoms with van der Waals surface area (Å²) in [7, 11) is 0. The Labute approximate surface area is 320 Å². The second-order valence-corrected chi connectivity index (χ2v) is 13.5. The lowest BCUT2D eigenvalue weighted by Gasteiger charge is -2.17. The van der Waals surface area contributed by atoms with E-state index in [0.717, 1.165) is 38.5 Å².